The van der Waals surface area contributed by atoms with Gasteiger partial charge in [-0.3, -0.25) is 29.3 Å². The number of amides is 1. The number of unbranched alkanes of at least 4 members (excludes halogenated alkanes) is 3. The molecule has 2 aromatic rings. The highest BCUT2D eigenvalue weighted by molar-refractivity contribution is 5.98. The van der Waals surface area contributed by atoms with Crippen molar-refractivity contribution in [3.8, 4) is 0 Å². The molecule has 2 rings (SSSR count). The number of ether oxygens (including phenoxy) is 1. The van der Waals surface area contributed by atoms with Crippen molar-refractivity contribution in [1.82, 2.24) is 9.55 Å². The van der Waals surface area contributed by atoms with E-state index in [1.807, 2.05) is 13.8 Å². The van der Waals surface area contributed by atoms with Gasteiger partial charge in [0.05, 0.1) is 10.5 Å². The van der Waals surface area contributed by atoms with Crippen LogP contribution in [0.3, 0.4) is 0 Å². The third-order valence-corrected chi connectivity index (χ3v) is 5.30. The largest absolute Gasteiger partial charge is 0.452 e. The van der Waals surface area contributed by atoms with E-state index in [4.69, 9.17) is 16.2 Å². The van der Waals surface area contributed by atoms with Gasteiger partial charge >= 0.3 is 11.7 Å². The van der Waals surface area contributed by atoms with E-state index in [2.05, 4.69) is 4.98 Å². The van der Waals surface area contributed by atoms with Gasteiger partial charge in [-0.25, -0.2) is 9.59 Å². The monoisotopic (exact) mass is 490 g/mol. The molecular formula is C22H30N6O7. The molecule has 0 saturated carbocycles. The first-order valence-corrected chi connectivity index (χ1v) is 11.3. The molecule has 5 N–H and O–H groups in total. The van der Waals surface area contributed by atoms with Crippen molar-refractivity contribution >= 4 is 34.8 Å². The highest BCUT2D eigenvalue weighted by atomic mass is 16.6. The quantitative estimate of drug-likeness (QED) is 0.130. The maximum Gasteiger partial charge on any atom is 0.338 e. The van der Waals surface area contributed by atoms with Crippen molar-refractivity contribution in [2.75, 3.05) is 29.5 Å². The number of aromatic amines is 1. The van der Waals surface area contributed by atoms with Crippen LogP contribution in [0.15, 0.2) is 27.8 Å². The second-order valence-electron chi connectivity index (χ2n) is 7.86. The van der Waals surface area contributed by atoms with E-state index in [0.717, 1.165) is 30.2 Å². The summed E-state index contributed by atoms with van der Waals surface area (Å²) in [5, 5.41) is 11.1. The standard InChI is InChI=1S/C22H30N6O7/c1-3-5-7-11-26(18-19(24)27(10-6-4-2)22(32)25-20(18)30)17(29)13-35-21(31)14-8-9-15(23)16(12-14)28(33)34/h8-9,12H,3-7,10-11,13,23-24H2,1-2H3,(H,25,30,32). The Hall–Kier alpha value is -4.16. The number of anilines is 3. The van der Waals surface area contributed by atoms with Crippen LogP contribution in [-0.4, -0.2) is 39.5 Å². The van der Waals surface area contributed by atoms with Crippen LogP contribution in [0, 0.1) is 10.1 Å². The smallest absolute Gasteiger partial charge is 0.338 e. The van der Waals surface area contributed by atoms with Crippen LogP contribution in [0.1, 0.15) is 56.3 Å². The number of hydrogen-bond donors (Lipinski definition) is 3. The first-order valence-electron chi connectivity index (χ1n) is 11.3. The van der Waals surface area contributed by atoms with Crippen LogP contribution in [0.4, 0.5) is 22.9 Å². The fraction of sp³-hybridized carbons (Fsp3) is 0.455. The molecule has 0 atom stereocenters. The number of nitrogens with zero attached hydrogens (tertiary/aromatic N) is 3. The van der Waals surface area contributed by atoms with Gasteiger partial charge in [-0.05, 0) is 25.0 Å². The van der Waals surface area contributed by atoms with Crippen molar-refractivity contribution in [2.45, 2.75) is 52.5 Å². The molecule has 0 fully saturated rings. The Morgan fingerprint density at radius 1 is 1.14 bits per heavy atom. The molecule has 0 aliphatic carbocycles. The normalized spacial score (nSPS) is 10.7. The summed E-state index contributed by atoms with van der Waals surface area (Å²) in [6.07, 6.45) is 3.54. The van der Waals surface area contributed by atoms with Crippen LogP contribution in [-0.2, 0) is 16.1 Å². The number of nitrogens with two attached hydrogens (primary N) is 2. The molecule has 13 heteroatoms. The Kier molecular flexibility index (Phi) is 9.55. The molecule has 35 heavy (non-hydrogen) atoms. The third kappa shape index (κ3) is 6.68. The lowest BCUT2D eigenvalue weighted by Crippen LogP contribution is -2.43. The zero-order chi connectivity index (χ0) is 26.1. The van der Waals surface area contributed by atoms with E-state index in [1.54, 1.807) is 0 Å². The first kappa shape index (κ1) is 27.1. The summed E-state index contributed by atoms with van der Waals surface area (Å²) in [5.41, 5.74) is 9.21. The molecular weight excluding hydrogens is 460 g/mol. The summed E-state index contributed by atoms with van der Waals surface area (Å²) in [7, 11) is 0. The number of rotatable bonds is 12. The molecule has 13 nitrogen and oxygen atoms in total. The Morgan fingerprint density at radius 2 is 1.83 bits per heavy atom. The summed E-state index contributed by atoms with van der Waals surface area (Å²) in [4.78, 5) is 63.9. The van der Waals surface area contributed by atoms with Crippen LogP contribution >= 0.6 is 0 Å². The molecule has 0 unspecified atom stereocenters. The third-order valence-electron chi connectivity index (χ3n) is 5.30. The van der Waals surface area contributed by atoms with Gasteiger partial charge in [0.2, 0.25) is 0 Å². The summed E-state index contributed by atoms with van der Waals surface area (Å²) in [5.74, 6) is -1.88. The molecule has 1 aromatic carbocycles. The molecule has 190 valence electrons. The Morgan fingerprint density at radius 3 is 2.46 bits per heavy atom. The van der Waals surface area contributed by atoms with Crippen molar-refractivity contribution in [3.63, 3.8) is 0 Å². The highest BCUT2D eigenvalue weighted by Gasteiger charge is 2.25. The average molecular weight is 491 g/mol. The first-order chi connectivity index (χ1) is 16.6. The number of nitro groups is 1. The van der Waals surface area contributed by atoms with Crippen molar-refractivity contribution in [2.24, 2.45) is 0 Å². The molecule has 0 aliphatic heterocycles. The van der Waals surface area contributed by atoms with Crippen molar-refractivity contribution < 1.29 is 19.2 Å². The minimum Gasteiger partial charge on any atom is -0.452 e. The Bertz CT molecular complexity index is 1200. The number of esters is 1. The molecule has 0 bridgehead atoms. The number of nitrogens with one attached hydrogen (secondary N) is 1. The summed E-state index contributed by atoms with van der Waals surface area (Å²) >= 11 is 0. The van der Waals surface area contributed by atoms with Gasteiger partial charge in [0, 0.05) is 19.2 Å². The van der Waals surface area contributed by atoms with E-state index in [-0.39, 0.29) is 35.8 Å². The Labute approximate surface area is 200 Å². The van der Waals surface area contributed by atoms with E-state index in [1.165, 1.54) is 16.7 Å². The lowest BCUT2D eigenvalue weighted by molar-refractivity contribution is -0.383. The number of carbonyl (C=O) groups is 2. The summed E-state index contributed by atoms with van der Waals surface area (Å²) in [6.45, 7) is 3.50. The Balaban J connectivity index is 2.32. The van der Waals surface area contributed by atoms with Crippen LogP contribution in [0.5, 0.6) is 0 Å². The van der Waals surface area contributed by atoms with Crippen molar-refractivity contribution in [3.05, 3.63) is 54.7 Å². The van der Waals surface area contributed by atoms with E-state index < -0.39 is 40.3 Å². The molecule has 1 aromatic heterocycles. The number of benzene rings is 1. The average Bonchev–Trinajstić information content (AvgIpc) is 2.81. The molecule has 0 spiro atoms. The fourth-order valence-electron chi connectivity index (χ4n) is 3.37. The van der Waals surface area contributed by atoms with Gasteiger partial charge in [-0.15, -0.1) is 0 Å². The lowest BCUT2D eigenvalue weighted by Gasteiger charge is -2.24. The zero-order valence-corrected chi connectivity index (χ0v) is 19.7. The van der Waals surface area contributed by atoms with Crippen molar-refractivity contribution in [1.29, 1.82) is 0 Å². The van der Waals surface area contributed by atoms with Gasteiger partial charge in [0.1, 0.15) is 11.5 Å². The number of aromatic nitrogens is 2. The lowest BCUT2D eigenvalue weighted by atomic mass is 10.2. The van der Waals surface area contributed by atoms with Gasteiger partial charge in [0.25, 0.3) is 17.2 Å². The topological polar surface area (TPSA) is 197 Å². The van der Waals surface area contributed by atoms with Crippen LogP contribution in [0.2, 0.25) is 0 Å². The predicted molar refractivity (Wildman–Crippen MR) is 130 cm³/mol. The summed E-state index contributed by atoms with van der Waals surface area (Å²) in [6, 6.07) is 3.38. The van der Waals surface area contributed by atoms with Crippen LogP contribution in [0.25, 0.3) is 0 Å². The molecule has 0 saturated heterocycles. The number of H-pyrrole nitrogens is 1. The van der Waals surface area contributed by atoms with Gasteiger partial charge in [-0.2, -0.15) is 0 Å². The fourth-order valence-corrected chi connectivity index (χ4v) is 3.37. The van der Waals surface area contributed by atoms with Gasteiger partial charge < -0.3 is 21.1 Å². The van der Waals surface area contributed by atoms with Gasteiger partial charge in [0.15, 0.2) is 12.3 Å². The molecule has 1 heterocycles. The predicted octanol–water partition coefficient (Wildman–Crippen LogP) is 1.79. The summed E-state index contributed by atoms with van der Waals surface area (Å²) < 4.78 is 6.25. The molecule has 0 radical (unpaired) electrons. The molecule has 0 aliphatic rings. The molecule has 1 amide bonds. The SMILES string of the molecule is CCCCCN(C(=O)COC(=O)c1ccc(N)c([N+](=O)[O-])c1)c1c(N)n(CCCC)c(=O)[nH]c1=O. The highest BCUT2D eigenvalue weighted by Crippen LogP contribution is 2.23. The zero-order valence-electron chi connectivity index (χ0n) is 19.7. The van der Waals surface area contributed by atoms with Gasteiger partial charge in [-0.1, -0.05) is 33.1 Å². The van der Waals surface area contributed by atoms with E-state index in [0.29, 0.717) is 12.8 Å². The minimum absolute atomic E-state index is 0.108. The number of carbonyl (C=O) groups excluding carboxylic acids is 2. The number of nitro benzene ring substituents is 1. The maximum absolute atomic E-state index is 13.0. The minimum atomic E-state index is -0.982. The van der Waals surface area contributed by atoms with E-state index >= 15 is 0 Å². The number of hydrogen-bond acceptors (Lipinski definition) is 9. The number of nitrogen functional groups attached to an aromatic ring is 2. The van der Waals surface area contributed by atoms with E-state index in [9.17, 15) is 29.3 Å². The van der Waals surface area contributed by atoms with Crippen LogP contribution < -0.4 is 27.6 Å². The maximum atomic E-state index is 13.0. The second kappa shape index (κ2) is 12.3. The second-order valence-corrected chi connectivity index (χ2v) is 7.86.